The number of benzene rings is 3. The highest BCUT2D eigenvalue weighted by Gasteiger charge is 2.52. The van der Waals surface area contributed by atoms with Crippen molar-refractivity contribution in [1.29, 1.82) is 0 Å². The minimum atomic E-state index is -1.16. The molecule has 0 unspecified atom stereocenters. The maximum atomic E-state index is 13.8. The van der Waals surface area contributed by atoms with E-state index in [4.69, 9.17) is 9.47 Å². The number of carbonyl (C=O) groups is 2. The number of carbonyl (C=O) groups excluding carboxylic acids is 2. The van der Waals surface area contributed by atoms with Crippen LogP contribution in [-0.2, 0) is 23.3 Å². The first-order valence-corrected chi connectivity index (χ1v) is 10.4. The lowest BCUT2D eigenvalue weighted by Gasteiger charge is -2.27. The van der Waals surface area contributed by atoms with Crippen LogP contribution in [0.4, 0.5) is 4.79 Å². The molecule has 0 spiro atoms. The Morgan fingerprint density at radius 3 is 2.09 bits per heavy atom. The van der Waals surface area contributed by atoms with Crippen molar-refractivity contribution >= 4 is 11.9 Å². The zero-order chi connectivity index (χ0) is 22.7. The summed E-state index contributed by atoms with van der Waals surface area (Å²) in [5.74, 6) is 0.888. The predicted molar refractivity (Wildman–Crippen MR) is 122 cm³/mol. The highest BCUT2D eigenvalue weighted by Crippen LogP contribution is 2.36. The van der Waals surface area contributed by atoms with Crippen LogP contribution in [0.15, 0.2) is 72.8 Å². The number of nitrogens with zero attached hydrogens (tertiary/aromatic N) is 1. The third-order valence-corrected chi connectivity index (χ3v) is 5.92. The van der Waals surface area contributed by atoms with Gasteiger partial charge in [0.15, 0.2) is 17.0 Å². The number of urea groups is 1. The average Bonchev–Trinajstić information content (AvgIpc) is 3.06. The summed E-state index contributed by atoms with van der Waals surface area (Å²) in [5, 5.41) is 3.00. The Morgan fingerprint density at radius 2 is 1.47 bits per heavy atom. The first-order chi connectivity index (χ1) is 15.5. The van der Waals surface area contributed by atoms with E-state index in [1.54, 1.807) is 14.2 Å². The molecule has 3 aromatic carbocycles. The Hall–Kier alpha value is -3.80. The fraction of sp³-hybridized carbons (Fsp3) is 0.231. The largest absolute Gasteiger partial charge is 0.493 e. The minimum Gasteiger partial charge on any atom is -0.493 e. The molecule has 4 rings (SSSR count). The standard InChI is InChI=1S/C26H26N2O4/c1-18-14-22(31-2)23(32-3)15-20(18)17-28-24(29)26(27-25(28)30,21-12-8-5-9-13-21)16-19-10-6-4-7-11-19/h4-15H,16-17H2,1-3H3,(H,27,30)/t26-/m1/s1. The van der Waals surface area contributed by atoms with Gasteiger partial charge in [-0.05, 0) is 41.3 Å². The van der Waals surface area contributed by atoms with Gasteiger partial charge in [-0.3, -0.25) is 9.69 Å². The van der Waals surface area contributed by atoms with Gasteiger partial charge in [0.05, 0.1) is 20.8 Å². The van der Waals surface area contributed by atoms with Gasteiger partial charge in [-0.2, -0.15) is 0 Å². The molecule has 0 aliphatic carbocycles. The summed E-state index contributed by atoms with van der Waals surface area (Å²) in [7, 11) is 3.14. The molecule has 0 bridgehead atoms. The Labute approximate surface area is 187 Å². The Balaban J connectivity index is 1.72. The van der Waals surface area contributed by atoms with Crippen LogP contribution < -0.4 is 14.8 Å². The molecule has 1 N–H and O–H groups in total. The number of rotatable bonds is 7. The summed E-state index contributed by atoms with van der Waals surface area (Å²) < 4.78 is 10.8. The molecular weight excluding hydrogens is 404 g/mol. The summed E-state index contributed by atoms with van der Waals surface area (Å²) in [5.41, 5.74) is 2.28. The van der Waals surface area contributed by atoms with Gasteiger partial charge in [0.2, 0.25) is 0 Å². The summed E-state index contributed by atoms with van der Waals surface area (Å²) in [6, 6.07) is 22.4. The van der Waals surface area contributed by atoms with Crippen LogP contribution >= 0.6 is 0 Å². The molecule has 0 aromatic heterocycles. The Bertz CT molecular complexity index is 1130. The zero-order valence-corrected chi connectivity index (χ0v) is 18.4. The van der Waals surface area contributed by atoms with Crippen LogP contribution in [0.2, 0.25) is 0 Å². The first-order valence-electron chi connectivity index (χ1n) is 10.4. The SMILES string of the molecule is COc1cc(C)c(CN2C(=O)N[C@](Cc3ccccc3)(c3ccccc3)C2=O)cc1OC. The molecule has 1 atom stereocenters. The van der Waals surface area contributed by atoms with Gasteiger partial charge in [0.25, 0.3) is 5.91 Å². The van der Waals surface area contributed by atoms with Gasteiger partial charge >= 0.3 is 6.03 Å². The molecule has 1 fully saturated rings. The van der Waals surface area contributed by atoms with Crippen molar-refractivity contribution in [2.24, 2.45) is 0 Å². The van der Waals surface area contributed by atoms with Gasteiger partial charge in [-0.25, -0.2) is 4.79 Å². The Kier molecular flexibility index (Phi) is 5.86. The summed E-state index contributed by atoms with van der Waals surface area (Å²) in [6.07, 6.45) is 0.365. The molecule has 0 saturated carbocycles. The van der Waals surface area contributed by atoms with Gasteiger partial charge in [0.1, 0.15) is 0 Å². The number of ether oxygens (including phenoxy) is 2. The number of imide groups is 1. The van der Waals surface area contributed by atoms with Crippen LogP contribution in [0, 0.1) is 6.92 Å². The van der Waals surface area contributed by atoms with Crippen molar-refractivity contribution in [3.8, 4) is 11.5 Å². The lowest BCUT2D eigenvalue weighted by atomic mass is 9.83. The van der Waals surface area contributed by atoms with Crippen molar-refractivity contribution in [2.75, 3.05) is 14.2 Å². The van der Waals surface area contributed by atoms with Gasteiger partial charge in [0, 0.05) is 6.42 Å². The van der Waals surface area contributed by atoms with Crippen LogP contribution in [0.5, 0.6) is 11.5 Å². The normalized spacial score (nSPS) is 17.9. The van der Waals surface area contributed by atoms with E-state index in [0.717, 1.165) is 22.3 Å². The summed E-state index contributed by atoms with van der Waals surface area (Å²) in [4.78, 5) is 28.2. The predicted octanol–water partition coefficient (Wildman–Crippen LogP) is 4.20. The fourth-order valence-corrected chi connectivity index (χ4v) is 4.18. The number of aryl methyl sites for hydroxylation is 1. The average molecular weight is 431 g/mol. The molecule has 6 heteroatoms. The number of methoxy groups -OCH3 is 2. The molecule has 32 heavy (non-hydrogen) atoms. The fourth-order valence-electron chi connectivity index (χ4n) is 4.18. The maximum absolute atomic E-state index is 13.8. The second kappa shape index (κ2) is 8.75. The van der Waals surface area contributed by atoms with Crippen LogP contribution in [0.25, 0.3) is 0 Å². The number of hydrogen-bond acceptors (Lipinski definition) is 4. The molecule has 0 radical (unpaired) electrons. The number of amides is 3. The summed E-state index contributed by atoms with van der Waals surface area (Å²) in [6.45, 7) is 2.06. The zero-order valence-electron chi connectivity index (χ0n) is 18.4. The molecule has 1 heterocycles. The van der Waals surface area contributed by atoms with Crippen LogP contribution in [-0.4, -0.2) is 31.1 Å². The van der Waals surface area contributed by atoms with Crippen molar-refractivity contribution in [2.45, 2.75) is 25.4 Å². The maximum Gasteiger partial charge on any atom is 0.325 e. The first kappa shape index (κ1) is 21.4. The van der Waals surface area contributed by atoms with Crippen molar-refractivity contribution in [1.82, 2.24) is 10.2 Å². The second-order valence-corrected chi connectivity index (χ2v) is 7.89. The molecule has 1 aliphatic rings. The van der Waals surface area contributed by atoms with Crippen LogP contribution in [0.3, 0.4) is 0 Å². The lowest BCUT2D eigenvalue weighted by molar-refractivity contribution is -0.132. The third kappa shape index (κ3) is 3.80. The molecule has 6 nitrogen and oxygen atoms in total. The number of nitrogens with one attached hydrogen (secondary N) is 1. The lowest BCUT2D eigenvalue weighted by Crippen LogP contribution is -2.46. The van der Waals surface area contributed by atoms with E-state index in [9.17, 15) is 9.59 Å². The quantitative estimate of drug-likeness (QED) is 0.571. The monoisotopic (exact) mass is 430 g/mol. The molecule has 164 valence electrons. The third-order valence-electron chi connectivity index (χ3n) is 5.92. The molecule has 1 aliphatic heterocycles. The van der Waals surface area contributed by atoms with E-state index in [1.807, 2.05) is 79.7 Å². The van der Waals surface area contributed by atoms with E-state index in [2.05, 4.69) is 5.32 Å². The highest BCUT2D eigenvalue weighted by atomic mass is 16.5. The second-order valence-electron chi connectivity index (χ2n) is 7.89. The van der Waals surface area contributed by atoms with Gasteiger partial charge in [-0.15, -0.1) is 0 Å². The molecule has 3 aromatic rings. The van der Waals surface area contributed by atoms with E-state index < -0.39 is 11.6 Å². The van der Waals surface area contributed by atoms with Gasteiger partial charge < -0.3 is 14.8 Å². The van der Waals surface area contributed by atoms with E-state index in [1.165, 1.54) is 4.90 Å². The van der Waals surface area contributed by atoms with E-state index in [0.29, 0.717) is 17.9 Å². The van der Waals surface area contributed by atoms with E-state index in [-0.39, 0.29) is 12.5 Å². The highest BCUT2D eigenvalue weighted by molar-refractivity contribution is 6.07. The minimum absolute atomic E-state index is 0.139. The van der Waals surface area contributed by atoms with E-state index >= 15 is 0 Å². The topological polar surface area (TPSA) is 67.9 Å². The number of hydrogen-bond donors (Lipinski definition) is 1. The van der Waals surface area contributed by atoms with Crippen molar-refractivity contribution in [3.05, 3.63) is 95.1 Å². The molecule has 3 amide bonds. The van der Waals surface area contributed by atoms with Gasteiger partial charge in [-0.1, -0.05) is 60.7 Å². The smallest absolute Gasteiger partial charge is 0.325 e. The molecule has 1 saturated heterocycles. The van der Waals surface area contributed by atoms with Crippen molar-refractivity contribution in [3.63, 3.8) is 0 Å². The van der Waals surface area contributed by atoms with Crippen molar-refractivity contribution < 1.29 is 19.1 Å². The summed E-state index contributed by atoms with van der Waals surface area (Å²) >= 11 is 0. The molecular formula is C26H26N2O4. The Morgan fingerprint density at radius 1 is 0.875 bits per heavy atom. The van der Waals surface area contributed by atoms with Crippen LogP contribution in [0.1, 0.15) is 22.3 Å².